The van der Waals surface area contributed by atoms with Crippen LogP contribution in [0.4, 0.5) is 32.0 Å². The second-order valence-electron chi connectivity index (χ2n) is 9.33. The minimum atomic E-state index is -5.09. The van der Waals surface area contributed by atoms with Crippen LogP contribution in [0.25, 0.3) is 0 Å². The van der Waals surface area contributed by atoms with E-state index in [1.165, 1.54) is 4.90 Å². The summed E-state index contributed by atoms with van der Waals surface area (Å²) in [6.07, 6.45) is -10.1. The molecule has 0 N–H and O–H groups in total. The summed E-state index contributed by atoms with van der Waals surface area (Å²) < 4.78 is 84.7. The van der Waals surface area contributed by atoms with Gasteiger partial charge < -0.3 is 19.4 Å². The van der Waals surface area contributed by atoms with E-state index in [1.54, 1.807) is 37.3 Å². The molecule has 13 heteroatoms. The van der Waals surface area contributed by atoms with Gasteiger partial charge >= 0.3 is 18.3 Å². The topological polar surface area (TPSA) is 70.2 Å². The summed E-state index contributed by atoms with van der Waals surface area (Å²) in [7, 11) is 0. The average Bonchev–Trinajstić information content (AvgIpc) is 3.14. The first kappa shape index (κ1) is 28.2. The lowest BCUT2D eigenvalue weighted by atomic mass is 9.85. The second kappa shape index (κ2) is 10.4. The molecular formula is C26H25F6N3O4. The first-order chi connectivity index (χ1) is 18.3. The fourth-order valence-electron chi connectivity index (χ4n) is 5.03. The van der Waals surface area contributed by atoms with Gasteiger partial charge in [0.2, 0.25) is 0 Å². The quantitative estimate of drug-likeness (QED) is 0.398. The van der Waals surface area contributed by atoms with Crippen molar-refractivity contribution >= 4 is 23.5 Å². The van der Waals surface area contributed by atoms with Crippen LogP contribution >= 0.6 is 0 Å². The van der Waals surface area contributed by atoms with Gasteiger partial charge in [-0.2, -0.15) is 26.3 Å². The van der Waals surface area contributed by atoms with E-state index >= 15 is 0 Å². The van der Waals surface area contributed by atoms with Crippen molar-refractivity contribution in [1.82, 2.24) is 9.80 Å². The van der Waals surface area contributed by atoms with Crippen molar-refractivity contribution in [1.29, 1.82) is 0 Å². The molecular weight excluding hydrogens is 532 g/mol. The second-order valence-corrected chi connectivity index (χ2v) is 9.33. The third-order valence-corrected chi connectivity index (χ3v) is 6.92. The summed E-state index contributed by atoms with van der Waals surface area (Å²) in [6, 6.07) is 9.66. The van der Waals surface area contributed by atoms with Gasteiger partial charge in [-0.3, -0.25) is 14.4 Å². The maximum Gasteiger partial charge on any atom is 0.416 e. The van der Waals surface area contributed by atoms with E-state index in [0.29, 0.717) is 17.8 Å². The monoisotopic (exact) mass is 557 g/mol. The van der Waals surface area contributed by atoms with E-state index in [1.807, 2.05) is 4.90 Å². The lowest BCUT2D eigenvalue weighted by Crippen LogP contribution is -2.57. The van der Waals surface area contributed by atoms with E-state index in [4.69, 9.17) is 4.74 Å². The Morgan fingerprint density at radius 3 is 2.00 bits per heavy atom. The Balaban J connectivity index is 1.60. The summed E-state index contributed by atoms with van der Waals surface area (Å²) in [5, 5.41) is 0. The highest BCUT2D eigenvalue weighted by atomic mass is 19.4. The zero-order chi connectivity index (χ0) is 28.6. The first-order valence-corrected chi connectivity index (χ1v) is 12.1. The molecule has 0 aliphatic carbocycles. The number of amides is 2. The van der Waals surface area contributed by atoms with Crippen molar-refractivity contribution < 1.29 is 45.5 Å². The third-order valence-electron chi connectivity index (χ3n) is 6.92. The summed E-state index contributed by atoms with van der Waals surface area (Å²) in [6.45, 7) is 1.36. The molecule has 0 atom stereocenters. The zero-order valence-corrected chi connectivity index (χ0v) is 20.8. The van der Waals surface area contributed by atoms with Crippen molar-refractivity contribution in [3.8, 4) is 0 Å². The van der Waals surface area contributed by atoms with Gasteiger partial charge in [0.15, 0.2) is 0 Å². The van der Waals surface area contributed by atoms with Gasteiger partial charge in [0.1, 0.15) is 12.1 Å². The van der Waals surface area contributed by atoms with Gasteiger partial charge in [0, 0.05) is 24.3 Å². The number of nitrogens with zero attached hydrogens (tertiary/aromatic N) is 3. The lowest BCUT2D eigenvalue weighted by Gasteiger charge is -2.43. The van der Waals surface area contributed by atoms with E-state index in [0.717, 1.165) is 4.90 Å². The van der Waals surface area contributed by atoms with E-state index < -0.39 is 46.5 Å². The molecule has 2 saturated heterocycles. The molecule has 7 nitrogen and oxygen atoms in total. The Labute approximate surface area is 219 Å². The van der Waals surface area contributed by atoms with Crippen LogP contribution in [0.2, 0.25) is 0 Å². The number of piperidine rings is 1. The highest BCUT2D eigenvalue weighted by Crippen LogP contribution is 2.41. The summed E-state index contributed by atoms with van der Waals surface area (Å²) in [5.74, 6) is -1.96. The van der Waals surface area contributed by atoms with Crippen molar-refractivity contribution in [3.05, 3.63) is 65.2 Å². The molecule has 2 aromatic rings. The molecule has 210 valence electrons. The van der Waals surface area contributed by atoms with Crippen molar-refractivity contribution in [2.75, 3.05) is 37.8 Å². The van der Waals surface area contributed by atoms with Crippen molar-refractivity contribution in [2.45, 2.75) is 37.7 Å². The molecule has 0 radical (unpaired) electrons. The lowest BCUT2D eigenvalue weighted by molar-refractivity contribution is -0.148. The fourth-order valence-corrected chi connectivity index (χ4v) is 5.03. The Kier molecular flexibility index (Phi) is 7.55. The van der Waals surface area contributed by atoms with Gasteiger partial charge in [-0.05, 0) is 50.1 Å². The number of esters is 1. The normalized spacial score (nSPS) is 17.6. The maximum atomic E-state index is 13.6. The summed E-state index contributed by atoms with van der Waals surface area (Å²) >= 11 is 0. The molecule has 1 spiro atoms. The SMILES string of the molecule is CCOC(=O)CN1CN(c2ccccc2)C2(CCN(C(=O)c3cc(C(F)(F)F)cc(C(F)(F)F)c3)CC2)C1=O. The molecule has 2 heterocycles. The van der Waals surface area contributed by atoms with Crippen LogP contribution in [-0.2, 0) is 26.7 Å². The minimum absolute atomic E-state index is 0.0327. The molecule has 39 heavy (non-hydrogen) atoms. The smallest absolute Gasteiger partial charge is 0.416 e. The molecule has 0 aromatic heterocycles. The van der Waals surface area contributed by atoms with Gasteiger partial charge in [-0.15, -0.1) is 0 Å². The van der Waals surface area contributed by atoms with Crippen LogP contribution in [-0.4, -0.2) is 66.0 Å². The standard InChI is InChI=1S/C26H25F6N3O4/c1-2-39-21(36)15-34-16-35(20-6-4-3-5-7-20)24(23(34)38)8-10-33(11-9-24)22(37)17-12-18(25(27,28)29)14-19(13-17)26(30,31)32/h3-7,12-14H,2,8-11,15-16H2,1H3. The summed E-state index contributed by atoms with van der Waals surface area (Å²) in [5.41, 5.74) is -4.37. The van der Waals surface area contributed by atoms with Crippen LogP contribution < -0.4 is 4.90 Å². The molecule has 2 amide bonds. The van der Waals surface area contributed by atoms with Crippen LogP contribution in [0.3, 0.4) is 0 Å². The minimum Gasteiger partial charge on any atom is -0.465 e. The number of alkyl halides is 6. The number of hydrogen-bond donors (Lipinski definition) is 0. The Bertz CT molecular complexity index is 1210. The number of halogens is 6. The fraction of sp³-hybridized carbons (Fsp3) is 0.423. The highest BCUT2D eigenvalue weighted by Gasteiger charge is 2.54. The van der Waals surface area contributed by atoms with Gasteiger partial charge in [-0.25, -0.2) is 0 Å². The van der Waals surface area contributed by atoms with E-state index in [2.05, 4.69) is 0 Å². The predicted molar refractivity (Wildman–Crippen MR) is 126 cm³/mol. The Morgan fingerprint density at radius 1 is 0.923 bits per heavy atom. The zero-order valence-electron chi connectivity index (χ0n) is 20.8. The number of benzene rings is 2. The van der Waals surface area contributed by atoms with Crippen LogP contribution in [0.1, 0.15) is 41.3 Å². The van der Waals surface area contributed by atoms with Gasteiger partial charge in [0.05, 0.1) is 24.4 Å². The van der Waals surface area contributed by atoms with Gasteiger partial charge in [-0.1, -0.05) is 18.2 Å². The highest BCUT2D eigenvalue weighted by molar-refractivity contribution is 5.97. The van der Waals surface area contributed by atoms with E-state index in [9.17, 15) is 40.7 Å². The average molecular weight is 557 g/mol. The molecule has 0 saturated carbocycles. The number of anilines is 1. The number of rotatable bonds is 5. The predicted octanol–water partition coefficient (Wildman–Crippen LogP) is 4.57. The largest absolute Gasteiger partial charge is 0.465 e. The maximum absolute atomic E-state index is 13.6. The number of hydrogen-bond acceptors (Lipinski definition) is 5. The van der Waals surface area contributed by atoms with Crippen molar-refractivity contribution in [3.63, 3.8) is 0 Å². The van der Waals surface area contributed by atoms with Crippen LogP contribution in [0.15, 0.2) is 48.5 Å². The first-order valence-electron chi connectivity index (χ1n) is 12.1. The van der Waals surface area contributed by atoms with Crippen LogP contribution in [0.5, 0.6) is 0 Å². The Morgan fingerprint density at radius 2 is 1.49 bits per heavy atom. The molecule has 0 bridgehead atoms. The third kappa shape index (κ3) is 5.66. The molecule has 4 rings (SSSR count). The molecule has 2 aliphatic heterocycles. The molecule has 2 aliphatic rings. The van der Waals surface area contributed by atoms with E-state index in [-0.39, 0.29) is 57.7 Å². The molecule has 0 unspecified atom stereocenters. The van der Waals surface area contributed by atoms with Crippen molar-refractivity contribution in [2.24, 2.45) is 0 Å². The molecule has 2 aromatic carbocycles. The van der Waals surface area contributed by atoms with Gasteiger partial charge in [0.25, 0.3) is 11.8 Å². The van der Waals surface area contributed by atoms with Crippen LogP contribution in [0, 0.1) is 0 Å². The molecule has 2 fully saturated rings. The number of likely N-dealkylation sites (tertiary alicyclic amines) is 1. The number of para-hydroxylation sites is 1. The Hall–Kier alpha value is -3.77. The summed E-state index contributed by atoms with van der Waals surface area (Å²) in [4.78, 5) is 43.1. The number of carbonyl (C=O) groups is 3. The number of ether oxygens (including phenoxy) is 1. The number of carbonyl (C=O) groups excluding carboxylic acids is 3.